The number of hydrogen-bond acceptors (Lipinski definition) is 8. The fourth-order valence-corrected chi connectivity index (χ4v) is 5.75. The van der Waals surface area contributed by atoms with E-state index in [-0.39, 0.29) is 18.3 Å². The number of dihydropyridines is 1. The van der Waals surface area contributed by atoms with Gasteiger partial charge >= 0.3 is 11.9 Å². The van der Waals surface area contributed by atoms with Gasteiger partial charge in [-0.1, -0.05) is 62.4 Å². The zero-order chi connectivity index (χ0) is 27.9. The molecule has 0 saturated heterocycles. The molecule has 2 aromatic rings. The minimum Gasteiger partial charge on any atom is -0.489 e. The van der Waals surface area contributed by atoms with Crippen LogP contribution in [0.2, 0.25) is 0 Å². The lowest BCUT2D eigenvalue weighted by Gasteiger charge is -2.38. The smallest absolute Gasteiger partial charge is 0.336 e. The van der Waals surface area contributed by atoms with Crippen molar-refractivity contribution in [3.63, 3.8) is 0 Å². The molecule has 1 heterocycles. The monoisotopic (exact) mass is 549 g/mol. The van der Waals surface area contributed by atoms with E-state index < -0.39 is 23.8 Å². The van der Waals surface area contributed by atoms with Crippen LogP contribution in [0.3, 0.4) is 0 Å². The number of hydrogen-bond donors (Lipinski definition) is 1. The Morgan fingerprint density at radius 2 is 1.79 bits per heavy atom. The summed E-state index contributed by atoms with van der Waals surface area (Å²) in [7, 11) is 1.29. The quantitative estimate of drug-likeness (QED) is 0.247. The van der Waals surface area contributed by atoms with E-state index in [1.54, 1.807) is 11.8 Å². The molecule has 3 atom stereocenters. The largest absolute Gasteiger partial charge is 0.489 e. The molecule has 0 aromatic heterocycles. The molecule has 7 nitrogen and oxygen atoms in total. The van der Waals surface area contributed by atoms with Crippen molar-refractivity contribution in [2.24, 2.45) is 11.8 Å². The first-order valence-electron chi connectivity index (χ1n) is 13.2. The van der Waals surface area contributed by atoms with Crippen molar-refractivity contribution in [3.8, 4) is 5.75 Å². The third kappa shape index (κ3) is 6.22. The second kappa shape index (κ2) is 13.0. The number of benzene rings is 2. The van der Waals surface area contributed by atoms with Gasteiger partial charge < -0.3 is 19.5 Å². The molecule has 0 bridgehead atoms. The average molecular weight is 550 g/mol. The van der Waals surface area contributed by atoms with Gasteiger partial charge in [0.1, 0.15) is 24.9 Å². The van der Waals surface area contributed by atoms with Gasteiger partial charge in [0.05, 0.1) is 18.6 Å². The zero-order valence-electron chi connectivity index (χ0n) is 22.8. The summed E-state index contributed by atoms with van der Waals surface area (Å²) >= 11 is 1.68. The molecular formula is C31H35NO6S. The molecule has 39 heavy (non-hydrogen) atoms. The van der Waals surface area contributed by atoms with Crippen molar-refractivity contribution >= 4 is 29.5 Å². The van der Waals surface area contributed by atoms with Crippen LogP contribution in [0, 0.1) is 11.8 Å². The number of nitrogens with one attached hydrogen (secondary N) is 1. The number of methoxy groups -OCH3 is 1. The molecule has 0 fully saturated rings. The fourth-order valence-electron chi connectivity index (χ4n) is 5.26. The highest BCUT2D eigenvalue weighted by atomic mass is 32.2. The lowest BCUT2D eigenvalue weighted by Crippen LogP contribution is -2.43. The maximum absolute atomic E-state index is 14.0. The van der Waals surface area contributed by atoms with Gasteiger partial charge in [0.25, 0.3) is 0 Å². The Kier molecular flexibility index (Phi) is 9.51. The van der Waals surface area contributed by atoms with Gasteiger partial charge in [0, 0.05) is 28.3 Å². The summed E-state index contributed by atoms with van der Waals surface area (Å²) in [6.45, 7) is 6.32. The molecule has 2 aromatic carbocycles. The number of carbonyl (C=O) groups is 3. The van der Waals surface area contributed by atoms with Crippen LogP contribution in [-0.2, 0) is 30.5 Å². The zero-order valence-corrected chi connectivity index (χ0v) is 23.6. The van der Waals surface area contributed by atoms with Gasteiger partial charge in [-0.3, -0.25) is 9.59 Å². The number of thioether (sulfide) groups is 1. The van der Waals surface area contributed by atoms with Crippen LogP contribution >= 0.6 is 11.8 Å². The Labute approximate surface area is 234 Å². The second-order valence-electron chi connectivity index (χ2n) is 9.68. The molecule has 2 aliphatic rings. The highest BCUT2D eigenvalue weighted by molar-refractivity contribution is 7.99. The van der Waals surface area contributed by atoms with E-state index in [9.17, 15) is 14.4 Å². The summed E-state index contributed by atoms with van der Waals surface area (Å²) in [6.07, 6.45) is 0.469. The fraction of sp³-hybridized carbons (Fsp3) is 0.387. The van der Waals surface area contributed by atoms with Crippen molar-refractivity contribution in [3.05, 3.63) is 88.3 Å². The maximum atomic E-state index is 14.0. The highest BCUT2D eigenvalue weighted by Gasteiger charge is 2.47. The van der Waals surface area contributed by atoms with E-state index >= 15 is 0 Å². The van der Waals surface area contributed by atoms with Gasteiger partial charge in [-0.25, -0.2) is 4.79 Å². The summed E-state index contributed by atoms with van der Waals surface area (Å²) in [4.78, 5) is 40.3. The van der Waals surface area contributed by atoms with Crippen molar-refractivity contribution in [2.45, 2.75) is 39.7 Å². The van der Waals surface area contributed by atoms with Crippen LogP contribution in [0.4, 0.5) is 0 Å². The number of ether oxygens (including phenoxy) is 3. The van der Waals surface area contributed by atoms with Crippen molar-refractivity contribution in [1.29, 1.82) is 0 Å². The molecule has 0 unspecified atom stereocenters. The number of ketones is 1. The number of Topliss-reactive ketones (excluding diaryl/α,β-unsaturated/α-hetero) is 1. The normalized spacial score (nSPS) is 20.7. The van der Waals surface area contributed by atoms with Crippen molar-refractivity contribution in [2.75, 3.05) is 25.2 Å². The molecule has 0 amide bonds. The number of rotatable bonds is 10. The Hall–Kier alpha value is -3.52. The first-order chi connectivity index (χ1) is 18.9. The molecular weight excluding hydrogens is 514 g/mol. The third-order valence-electron chi connectivity index (χ3n) is 7.10. The van der Waals surface area contributed by atoms with E-state index in [1.807, 2.05) is 75.4 Å². The van der Waals surface area contributed by atoms with E-state index in [0.29, 0.717) is 52.6 Å². The summed E-state index contributed by atoms with van der Waals surface area (Å²) in [5.41, 5.74) is 3.73. The van der Waals surface area contributed by atoms with Crippen molar-refractivity contribution < 1.29 is 28.6 Å². The molecule has 0 saturated carbocycles. The van der Waals surface area contributed by atoms with Gasteiger partial charge in [0.2, 0.25) is 0 Å². The maximum Gasteiger partial charge on any atom is 0.336 e. The lowest BCUT2D eigenvalue weighted by molar-refractivity contribution is -0.151. The van der Waals surface area contributed by atoms with Gasteiger partial charge in [-0.2, -0.15) is 11.8 Å². The topological polar surface area (TPSA) is 90.9 Å². The number of esters is 2. The third-order valence-corrected chi connectivity index (χ3v) is 7.96. The first kappa shape index (κ1) is 28.5. The summed E-state index contributed by atoms with van der Waals surface area (Å²) in [5, 5.41) is 3.31. The molecule has 1 N–H and O–H groups in total. The van der Waals surface area contributed by atoms with Crippen LogP contribution in [0.25, 0.3) is 0 Å². The number of carbonyl (C=O) groups excluding carboxylic acids is 3. The predicted octanol–water partition coefficient (Wildman–Crippen LogP) is 5.17. The van der Waals surface area contributed by atoms with E-state index in [0.717, 1.165) is 11.3 Å². The first-order valence-corrected chi connectivity index (χ1v) is 14.4. The van der Waals surface area contributed by atoms with Crippen molar-refractivity contribution in [1.82, 2.24) is 5.32 Å². The van der Waals surface area contributed by atoms with Gasteiger partial charge in [0.15, 0.2) is 5.78 Å². The molecule has 4 rings (SSSR count). The number of allylic oxidation sites excluding steroid dienone is 3. The molecule has 206 valence electrons. The highest BCUT2D eigenvalue weighted by Crippen LogP contribution is 2.47. The van der Waals surface area contributed by atoms with E-state index in [1.165, 1.54) is 7.11 Å². The van der Waals surface area contributed by atoms with E-state index in [2.05, 4.69) is 5.32 Å². The SMILES string of the molecule is CCSCCOC(=O)C1=C(C)NC2=C(C(=O)[C@H](C(=O)OC)[C@@H](C)C2)[C@H]1c1ccccc1OCc1ccccc1. The Morgan fingerprint density at radius 3 is 2.51 bits per heavy atom. The number of para-hydroxylation sites is 1. The summed E-state index contributed by atoms with van der Waals surface area (Å²) in [6, 6.07) is 17.2. The Bertz CT molecular complexity index is 1280. The van der Waals surface area contributed by atoms with Crippen LogP contribution in [0.5, 0.6) is 5.75 Å². The lowest BCUT2D eigenvalue weighted by atomic mass is 9.69. The standard InChI is InChI=1S/C31H35NO6S/c1-5-39-16-15-37-31(35)26-20(3)32-23-17-19(2)25(30(34)36-4)29(33)28(23)27(26)22-13-9-10-14-24(22)38-18-21-11-7-6-8-12-21/h6-14,19,25,27,32H,5,15-18H2,1-4H3/t19-,25+,27-/m0/s1. The van der Waals surface area contributed by atoms with E-state index in [4.69, 9.17) is 14.2 Å². The molecule has 0 radical (unpaired) electrons. The molecule has 1 aliphatic carbocycles. The minimum absolute atomic E-state index is 0.256. The molecule has 0 spiro atoms. The summed E-state index contributed by atoms with van der Waals surface area (Å²) in [5.74, 6) is -1.21. The minimum atomic E-state index is -0.952. The van der Waals surface area contributed by atoms with Crippen LogP contribution < -0.4 is 10.1 Å². The van der Waals surface area contributed by atoms with Gasteiger partial charge in [-0.05, 0) is 36.6 Å². The molecule has 1 aliphatic heterocycles. The van der Waals surface area contributed by atoms with Gasteiger partial charge in [-0.15, -0.1) is 0 Å². The Morgan fingerprint density at radius 1 is 1.08 bits per heavy atom. The van der Waals surface area contributed by atoms with Crippen LogP contribution in [0.15, 0.2) is 77.1 Å². The van der Waals surface area contributed by atoms with Crippen LogP contribution in [-0.4, -0.2) is 42.9 Å². The average Bonchev–Trinajstić information content (AvgIpc) is 2.94. The predicted molar refractivity (Wildman–Crippen MR) is 151 cm³/mol. The Balaban J connectivity index is 1.78. The summed E-state index contributed by atoms with van der Waals surface area (Å²) < 4.78 is 16.9. The second-order valence-corrected chi connectivity index (χ2v) is 11.1. The molecule has 8 heteroatoms. The van der Waals surface area contributed by atoms with Crippen LogP contribution in [0.1, 0.15) is 44.2 Å².